The summed E-state index contributed by atoms with van der Waals surface area (Å²) < 4.78 is 0. The van der Waals surface area contributed by atoms with Crippen LogP contribution in [0.15, 0.2) is 48.8 Å². The van der Waals surface area contributed by atoms with Gasteiger partial charge in [-0.1, -0.05) is 12.1 Å². The molecule has 0 saturated carbocycles. The number of primary amides is 1. The number of aromatic hydroxyl groups is 1. The molecule has 0 fully saturated rings. The summed E-state index contributed by atoms with van der Waals surface area (Å²) in [6.07, 6.45) is 3.66. The number of pyridine rings is 1. The van der Waals surface area contributed by atoms with Crippen molar-refractivity contribution in [2.75, 3.05) is 0 Å². The van der Waals surface area contributed by atoms with Crippen LogP contribution in [0.3, 0.4) is 0 Å². The van der Waals surface area contributed by atoms with E-state index < -0.39 is 11.9 Å². The number of hydrogen-bond acceptors (Lipinski definition) is 4. The maximum absolute atomic E-state index is 10.4. The third-order valence-corrected chi connectivity index (χ3v) is 2.51. The Balaban J connectivity index is 0.000000219. The first-order valence-electron chi connectivity index (χ1n) is 6.18. The quantitative estimate of drug-likeness (QED) is 0.790. The average Bonchev–Trinajstić information content (AvgIpc) is 2.48. The zero-order chi connectivity index (χ0) is 15.7. The Bertz CT molecular complexity index is 582. The molecule has 0 saturated heterocycles. The highest BCUT2D eigenvalue weighted by atomic mass is 16.4. The molecular formula is C15H16N2O4. The molecule has 1 amide bonds. The minimum absolute atomic E-state index is 0.130. The predicted octanol–water partition coefficient (Wildman–Crippen LogP) is 1.59. The SMILES string of the molecule is NC(=O)c1cccnc1.O=C(O)CCc1ccc(O)cc1. The van der Waals surface area contributed by atoms with Gasteiger partial charge in [0.2, 0.25) is 5.91 Å². The van der Waals surface area contributed by atoms with Crippen molar-refractivity contribution in [1.82, 2.24) is 4.98 Å². The monoisotopic (exact) mass is 288 g/mol. The number of carbonyl (C=O) groups excluding carboxylic acids is 1. The number of amides is 1. The van der Waals surface area contributed by atoms with Crippen molar-refractivity contribution in [3.05, 3.63) is 59.9 Å². The van der Waals surface area contributed by atoms with Crippen LogP contribution in [-0.4, -0.2) is 27.1 Å². The molecule has 6 nitrogen and oxygen atoms in total. The lowest BCUT2D eigenvalue weighted by atomic mass is 10.1. The number of carbonyl (C=O) groups is 2. The van der Waals surface area contributed by atoms with Crippen molar-refractivity contribution in [1.29, 1.82) is 0 Å². The molecule has 21 heavy (non-hydrogen) atoms. The second kappa shape index (κ2) is 8.31. The summed E-state index contributed by atoms with van der Waals surface area (Å²) >= 11 is 0. The fourth-order valence-electron chi connectivity index (χ4n) is 1.42. The van der Waals surface area contributed by atoms with E-state index in [0.29, 0.717) is 12.0 Å². The number of phenols is 1. The van der Waals surface area contributed by atoms with Crippen molar-refractivity contribution >= 4 is 11.9 Å². The summed E-state index contributed by atoms with van der Waals surface area (Å²) in [5, 5.41) is 17.3. The Morgan fingerprint density at radius 3 is 2.24 bits per heavy atom. The number of benzene rings is 1. The van der Waals surface area contributed by atoms with Crippen molar-refractivity contribution in [3.8, 4) is 5.75 Å². The lowest BCUT2D eigenvalue weighted by Crippen LogP contribution is -2.10. The van der Waals surface area contributed by atoms with E-state index in [4.69, 9.17) is 15.9 Å². The number of phenolic OH excluding ortho intramolecular Hbond substituents is 1. The molecule has 0 unspecified atom stereocenters. The molecule has 2 rings (SSSR count). The molecule has 4 N–H and O–H groups in total. The smallest absolute Gasteiger partial charge is 0.303 e. The number of aromatic nitrogens is 1. The molecule has 0 atom stereocenters. The van der Waals surface area contributed by atoms with Crippen LogP contribution in [-0.2, 0) is 11.2 Å². The lowest BCUT2D eigenvalue weighted by molar-refractivity contribution is -0.136. The standard InChI is InChI=1S/C9H10O3.C6H6N2O/c10-8-4-1-7(2-5-8)3-6-9(11)12;7-6(9)5-2-1-3-8-4-5/h1-2,4-5,10H,3,6H2,(H,11,12);1-4H,(H2,7,9). The minimum Gasteiger partial charge on any atom is -0.508 e. The topological polar surface area (TPSA) is 114 Å². The second-order valence-corrected chi connectivity index (χ2v) is 4.17. The molecular weight excluding hydrogens is 272 g/mol. The van der Waals surface area contributed by atoms with Gasteiger partial charge in [-0.05, 0) is 36.2 Å². The Morgan fingerprint density at radius 1 is 1.14 bits per heavy atom. The van der Waals surface area contributed by atoms with Gasteiger partial charge < -0.3 is 15.9 Å². The van der Waals surface area contributed by atoms with Crippen LogP contribution in [0.1, 0.15) is 22.3 Å². The fourth-order valence-corrected chi connectivity index (χ4v) is 1.42. The van der Waals surface area contributed by atoms with Crippen LogP contribution in [0.25, 0.3) is 0 Å². The zero-order valence-electron chi connectivity index (χ0n) is 11.3. The van der Waals surface area contributed by atoms with Gasteiger partial charge in [-0.25, -0.2) is 0 Å². The van der Waals surface area contributed by atoms with Crippen LogP contribution in [0.5, 0.6) is 5.75 Å². The number of hydrogen-bond donors (Lipinski definition) is 3. The molecule has 110 valence electrons. The van der Waals surface area contributed by atoms with Crippen LogP contribution < -0.4 is 5.73 Å². The third kappa shape index (κ3) is 6.72. The largest absolute Gasteiger partial charge is 0.508 e. The Kier molecular flexibility index (Phi) is 6.40. The molecule has 0 radical (unpaired) electrons. The van der Waals surface area contributed by atoms with Gasteiger partial charge in [0.25, 0.3) is 0 Å². The fraction of sp³-hybridized carbons (Fsp3) is 0.133. The van der Waals surface area contributed by atoms with Crippen molar-refractivity contribution < 1.29 is 19.8 Å². The number of carboxylic acid groups (broad SMARTS) is 1. The third-order valence-electron chi connectivity index (χ3n) is 2.51. The first-order chi connectivity index (χ1) is 9.99. The maximum atomic E-state index is 10.4. The first-order valence-corrected chi connectivity index (χ1v) is 6.18. The highest BCUT2D eigenvalue weighted by Gasteiger charge is 1.98. The lowest BCUT2D eigenvalue weighted by Gasteiger charge is -1.97. The summed E-state index contributed by atoms with van der Waals surface area (Å²) in [5.41, 5.74) is 6.30. The van der Waals surface area contributed by atoms with Crippen LogP contribution in [0.4, 0.5) is 0 Å². The van der Waals surface area contributed by atoms with E-state index >= 15 is 0 Å². The van der Waals surface area contributed by atoms with Gasteiger partial charge in [-0.2, -0.15) is 0 Å². The molecule has 1 heterocycles. The van der Waals surface area contributed by atoms with Gasteiger partial charge in [-0.15, -0.1) is 0 Å². The molecule has 0 aliphatic carbocycles. The van der Waals surface area contributed by atoms with E-state index in [1.807, 2.05) is 0 Å². The highest BCUT2D eigenvalue weighted by molar-refractivity contribution is 5.92. The van der Waals surface area contributed by atoms with Crippen LogP contribution in [0.2, 0.25) is 0 Å². The van der Waals surface area contributed by atoms with E-state index in [-0.39, 0.29) is 12.2 Å². The van der Waals surface area contributed by atoms with Crippen molar-refractivity contribution in [2.45, 2.75) is 12.8 Å². The van der Waals surface area contributed by atoms with Crippen molar-refractivity contribution in [2.24, 2.45) is 5.73 Å². The summed E-state index contributed by atoms with van der Waals surface area (Å²) in [6.45, 7) is 0. The molecule has 0 aliphatic heterocycles. The Morgan fingerprint density at radius 2 is 1.81 bits per heavy atom. The van der Waals surface area contributed by atoms with E-state index in [1.54, 1.807) is 42.6 Å². The molecule has 6 heteroatoms. The summed E-state index contributed by atoms with van der Waals surface area (Å²) in [5.74, 6) is -1.04. The van der Waals surface area contributed by atoms with E-state index in [1.165, 1.54) is 6.20 Å². The minimum atomic E-state index is -0.803. The number of aliphatic carboxylic acids is 1. The van der Waals surface area contributed by atoms with Gasteiger partial charge in [0.1, 0.15) is 5.75 Å². The summed E-state index contributed by atoms with van der Waals surface area (Å²) in [4.78, 5) is 24.3. The summed E-state index contributed by atoms with van der Waals surface area (Å²) in [7, 11) is 0. The molecule has 0 aliphatic rings. The normalized spacial score (nSPS) is 9.33. The summed E-state index contributed by atoms with van der Waals surface area (Å²) in [6, 6.07) is 9.83. The number of nitrogens with two attached hydrogens (primary N) is 1. The molecule has 1 aromatic carbocycles. The number of nitrogens with zero attached hydrogens (tertiary/aromatic N) is 1. The number of carboxylic acids is 1. The van der Waals surface area contributed by atoms with E-state index in [2.05, 4.69) is 4.98 Å². The first kappa shape index (κ1) is 16.2. The van der Waals surface area contributed by atoms with Gasteiger partial charge in [0.05, 0.1) is 5.56 Å². The predicted molar refractivity (Wildman–Crippen MR) is 76.8 cm³/mol. The van der Waals surface area contributed by atoms with Crippen molar-refractivity contribution in [3.63, 3.8) is 0 Å². The number of aryl methyl sites for hydroxylation is 1. The highest BCUT2D eigenvalue weighted by Crippen LogP contribution is 2.10. The second-order valence-electron chi connectivity index (χ2n) is 4.17. The maximum Gasteiger partial charge on any atom is 0.303 e. The molecule has 1 aromatic heterocycles. The zero-order valence-corrected chi connectivity index (χ0v) is 11.3. The average molecular weight is 288 g/mol. The molecule has 2 aromatic rings. The molecule has 0 spiro atoms. The Labute approximate surface area is 121 Å². The molecule has 0 bridgehead atoms. The number of rotatable bonds is 4. The van der Waals surface area contributed by atoms with Crippen LogP contribution >= 0.6 is 0 Å². The van der Waals surface area contributed by atoms with Crippen LogP contribution in [0, 0.1) is 0 Å². The van der Waals surface area contributed by atoms with E-state index in [9.17, 15) is 9.59 Å². The van der Waals surface area contributed by atoms with Gasteiger partial charge in [0.15, 0.2) is 0 Å². The Hall–Kier alpha value is -2.89. The van der Waals surface area contributed by atoms with Gasteiger partial charge in [0, 0.05) is 18.8 Å². The van der Waals surface area contributed by atoms with E-state index in [0.717, 1.165) is 5.56 Å². The van der Waals surface area contributed by atoms with Gasteiger partial charge >= 0.3 is 5.97 Å². The van der Waals surface area contributed by atoms with Gasteiger partial charge in [-0.3, -0.25) is 14.6 Å².